The highest BCUT2D eigenvalue weighted by atomic mass is 35.5. The molecule has 19 heavy (non-hydrogen) atoms. The normalized spacial score (nSPS) is 24.3. The molecular weight excluding hydrogens is 264 g/mol. The molecular formula is C14H19ClN2O2. The van der Waals surface area contributed by atoms with E-state index in [9.17, 15) is 4.79 Å². The first-order chi connectivity index (χ1) is 8.75. The van der Waals surface area contributed by atoms with Crippen molar-refractivity contribution in [1.82, 2.24) is 5.01 Å². The van der Waals surface area contributed by atoms with Crippen LogP contribution >= 0.6 is 12.4 Å². The number of carbonyl (C=O) groups excluding carboxylic acids is 1. The number of amides is 1. The van der Waals surface area contributed by atoms with Crippen LogP contribution in [-0.2, 0) is 11.3 Å². The highest BCUT2D eigenvalue weighted by molar-refractivity contribution is 5.85. The van der Waals surface area contributed by atoms with Gasteiger partial charge < -0.3 is 4.74 Å². The molecule has 0 saturated heterocycles. The van der Waals surface area contributed by atoms with Crippen LogP contribution in [0.1, 0.15) is 24.8 Å². The Hall–Kier alpha value is -1.26. The lowest BCUT2D eigenvalue weighted by molar-refractivity contribution is 0.0914. The van der Waals surface area contributed by atoms with Crippen molar-refractivity contribution in [2.24, 2.45) is 17.7 Å². The third-order valence-corrected chi connectivity index (χ3v) is 3.81. The number of hydrazine groups is 1. The summed E-state index contributed by atoms with van der Waals surface area (Å²) in [5.41, 5.74) is 0.980. The van der Waals surface area contributed by atoms with Gasteiger partial charge >= 0.3 is 6.09 Å². The summed E-state index contributed by atoms with van der Waals surface area (Å²) < 4.78 is 5.20. The molecule has 0 heterocycles. The number of carbonyl (C=O) groups is 1. The molecule has 2 aliphatic carbocycles. The van der Waals surface area contributed by atoms with Crippen molar-refractivity contribution in [2.45, 2.75) is 31.9 Å². The van der Waals surface area contributed by atoms with Gasteiger partial charge in [-0.2, -0.15) is 0 Å². The molecule has 2 atom stereocenters. The number of hydrogen-bond donors (Lipinski definition) is 1. The fourth-order valence-corrected chi connectivity index (χ4v) is 2.48. The van der Waals surface area contributed by atoms with Crippen LogP contribution in [0.4, 0.5) is 4.79 Å². The molecule has 0 aromatic heterocycles. The summed E-state index contributed by atoms with van der Waals surface area (Å²) in [7, 11) is 0. The van der Waals surface area contributed by atoms with Gasteiger partial charge in [0.05, 0.1) is 6.04 Å². The van der Waals surface area contributed by atoms with Crippen LogP contribution in [0.5, 0.6) is 0 Å². The quantitative estimate of drug-likeness (QED) is 0.525. The fourth-order valence-electron chi connectivity index (χ4n) is 2.48. The Balaban J connectivity index is 0.00000133. The Bertz CT molecular complexity index is 436. The maximum Gasteiger partial charge on any atom is 0.424 e. The monoisotopic (exact) mass is 282 g/mol. The van der Waals surface area contributed by atoms with Gasteiger partial charge in [0.2, 0.25) is 0 Å². The van der Waals surface area contributed by atoms with Crippen LogP contribution in [0.25, 0.3) is 0 Å². The van der Waals surface area contributed by atoms with E-state index in [1.54, 1.807) is 0 Å². The standard InChI is InChI=1S/C14H18N2O2.ClH/c15-16(13-8-12(13)11-6-7-11)14(17)18-9-10-4-2-1-3-5-10;/h1-5,11-13H,6-9,15H2;1H. The second kappa shape index (κ2) is 5.80. The molecule has 0 bridgehead atoms. The number of nitrogens with zero attached hydrogens (tertiary/aromatic N) is 1. The van der Waals surface area contributed by atoms with Crippen molar-refractivity contribution in [2.75, 3.05) is 0 Å². The van der Waals surface area contributed by atoms with Crippen LogP contribution in [-0.4, -0.2) is 17.1 Å². The molecule has 4 nitrogen and oxygen atoms in total. The summed E-state index contributed by atoms with van der Waals surface area (Å²) in [6.45, 7) is 0.286. The molecule has 5 heteroatoms. The second-order valence-electron chi connectivity index (χ2n) is 5.25. The van der Waals surface area contributed by atoms with Crippen LogP contribution in [0.2, 0.25) is 0 Å². The third kappa shape index (κ3) is 3.39. The van der Waals surface area contributed by atoms with Gasteiger partial charge in [0, 0.05) is 0 Å². The first-order valence-electron chi connectivity index (χ1n) is 6.50. The fraction of sp³-hybridized carbons (Fsp3) is 0.500. The minimum atomic E-state index is -0.410. The lowest BCUT2D eigenvalue weighted by Crippen LogP contribution is -2.40. The zero-order valence-corrected chi connectivity index (χ0v) is 11.5. The molecule has 2 saturated carbocycles. The summed E-state index contributed by atoms with van der Waals surface area (Å²) in [6.07, 6.45) is 3.23. The molecule has 3 rings (SSSR count). The van der Waals surface area contributed by atoms with Gasteiger partial charge in [0.15, 0.2) is 0 Å². The number of hydrogen-bond acceptors (Lipinski definition) is 3. The zero-order chi connectivity index (χ0) is 12.5. The Morgan fingerprint density at radius 2 is 2.00 bits per heavy atom. The molecule has 2 N–H and O–H groups in total. The first-order valence-corrected chi connectivity index (χ1v) is 6.50. The van der Waals surface area contributed by atoms with E-state index in [1.807, 2.05) is 30.3 Å². The summed E-state index contributed by atoms with van der Waals surface area (Å²) in [6, 6.07) is 9.85. The number of ether oxygens (including phenoxy) is 1. The lowest BCUT2D eigenvalue weighted by atomic mass is 10.2. The molecule has 2 unspecified atom stereocenters. The van der Waals surface area contributed by atoms with E-state index < -0.39 is 6.09 Å². The Morgan fingerprint density at radius 3 is 2.63 bits per heavy atom. The van der Waals surface area contributed by atoms with Crippen LogP contribution in [0.3, 0.4) is 0 Å². The Labute approximate surface area is 119 Å². The summed E-state index contributed by atoms with van der Waals surface area (Å²) in [5.74, 6) is 7.23. The van der Waals surface area contributed by atoms with E-state index in [1.165, 1.54) is 17.9 Å². The second-order valence-corrected chi connectivity index (χ2v) is 5.25. The maximum absolute atomic E-state index is 11.8. The van der Waals surface area contributed by atoms with Crippen molar-refractivity contribution in [3.63, 3.8) is 0 Å². The Morgan fingerprint density at radius 1 is 1.32 bits per heavy atom. The summed E-state index contributed by atoms with van der Waals surface area (Å²) >= 11 is 0. The van der Waals surface area contributed by atoms with Gasteiger partial charge in [-0.05, 0) is 36.7 Å². The molecule has 0 spiro atoms. The topological polar surface area (TPSA) is 55.6 Å². The van der Waals surface area contributed by atoms with E-state index in [-0.39, 0.29) is 25.1 Å². The van der Waals surface area contributed by atoms with E-state index in [4.69, 9.17) is 10.6 Å². The number of rotatable bonds is 4. The van der Waals surface area contributed by atoms with E-state index in [0.29, 0.717) is 5.92 Å². The predicted octanol–water partition coefficient (Wildman–Crippen LogP) is 2.72. The van der Waals surface area contributed by atoms with Gasteiger partial charge in [-0.3, -0.25) is 0 Å². The SMILES string of the molecule is Cl.NN(C(=O)OCc1ccccc1)C1CC1C1CC1. The van der Waals surface area contributed by atoms with Gasteiger partial charge in [-0.1, -0.05) is 30.3 Å². The van der Waals surface area contributed by atoms with Gasteiger partial charge in [-0.15, -0.1) is 12.4 Å². The molecule has 2 aliphatic rings. The zero-order valence-electron chi connectivity index (χ0n) is 10.7. The van der Waals surface area contributed by atoms with E-state index in [0.717, 1.165) is 17.9 Å². The number of nitrogens with two attached hydrogens (primary N) is 1. The van der Waals surface area contributed by atoms with E-state index in [2.05, 4.69) is 0 Å². The minimum absolute atomic E-state index is 0. The average molecular weight is 283 g/mol. The molecule has 104 valence electrons. The van der Waals surface area contributed by atoms with Gasteiger partial charge in [0.1, 0.15) is 6.61 Å². The van der Waals surface area contributed by atoms with Crippen LogP contribution < -0.4 is 5.84 Å². The largest absolute Gasteiger partial charge is 0.444 e. The summed E-state index contributed by atoms with van der Waals surface area (Å²) in [4.78, 5) is 11.8. The molecule has 1 amide bonds. The van der Waals surface area contributed by atoms with Gasteiger partial charge in [-0.25, -0.2) is 15.6 Å². The van der Waals surface area contributed by atoms with Crippen molar-refractivity contribution < 1.29 is 9.53 Å². The van der Waals surface area contributed by atoms with Crippen molar-refractivity contribution in [3.05, 3.63) is 35.9 Å². The highest BCUT2D eigenvalue weighted by Crippen LogP contribution is 2.51. The lowest BCUT2D eigenvalue weighted by Gasteiger charge is -2.16. The predicted molar refractivity (Wildman–Crippen MR) is 74.5 cm³/mol. The smallest absolute Gasteiger partial charge is 0.424 e. The molecule has 1 aromatic rings. The number of halogens is 1. The molecule has 2 fully saturated rings. The Kier molecular flexibility index (Phi) is 4.32. The molecule has 0 radical (unpaired) electrons. The third-order valence-electron chi connectivity index (χ3n) is 3.81. The van der Waals surface area contributed by atoms with Crippen molar-refractivity contribution in [3.8, 4) is 0 Å². The first kappa shape index (κ1) is 14.2. The number of benzene rings is 1. The summed E-state index contributed by atoms with van der Waals surface area (Å²) in [5, 5.41) is 1.28. The van der Waals surface area contributed by atoms with Crippen molar-refractivity contribution in [1.29, 1.82) is 0 Å². The van der Waals surface area contributed by atoms with Crippen LogP contribution in [0.15, 0.2) is 30.3 Å². The van der Waals surface area contributed by atoms with Crippen LogP contribution in [0, 0.1) is 11.8 Å². The maximum atomic E-state index is 11.8. The molecule has 1 aromatic carbocycles. The average Bonchev–Trinajstić information content (AvgIpc) is 3.28. The molecule has 0 aliphatic heterocycles. The highest BCUT2D eigenvalue weighted by Gasteiger charge is 2.51. The van der Waals surface area contributed by atoms with E-state index >= 15 is 0 Å². The van der Waals surface area contributed by atoms with Crippen molar-refractivity contribution >= 4 is 18.5 Å². The minimum Gasteiger partial charge on any atom is -0.444 e. The van der Waals surface area contributed by atoms with Gasteiger partial charge in [0.25, 0.3) is 0 Å².